The molecule has 0 aliphatic heterocycles. The van der Waals surface area contributed by atoms with Gasteiger partial charge >= 0.3 is 0 Å². The lowest BCUT2D eigenvalue weighted by Gasteiger charge is -2.18. The Morgan fingerprint density at radius 1 is 1.19 bits per heavy atom. The van der Waals surface area contributed by atoms with Crippen molar-refractivity contribution in [3.63, 3.8) is 0 Å². The summed E-state index contributed by atoms with van der Waals surface area (Å²) in [5, 5.41) is 14.2. The van der Waals surface area contributed by atoms with Gasteiger partial charge in [0.2, 0.25) is 0 Å². The number of aryl methyl sites for hydroxylation is 2. The van der Waals surface area contributed by atoms with E-state index in [1.165, 1.54) is 22.8 Å². The van der Waals surface area contributed by atoms with Crippen molar-refractivity contribution < 1.29 is 4.92 Å². The molecule has 0 spiro atoms. The van der Waals surface area contributed by atoms with Crippen LogP contribution in [0.4, 0.5) is 11.4 Å². The van der Waals surface area contributed by atoms with Crippen LogP contribution in [0, 0.1) is 24.0 Å². The van der Waals surface area contributed by atoms with Crippen LogP contribution in [0.5, 0.6) is 0 Å². The van der Waals surface area contributed by atoms with Crippen LogP contribution in [-0.2, 0) is 0 Å². The van der Waals surface area contributed by atoms with E-state index < -0.39 is 4.92 Å². The predicted octanol–water partition coefficient (Wildman–Crippen LogP) is 5.15. The van der Waals surface area contributed by atoms with Gasteiger partial charge in [-0.05, 0) is 60.0 Å². The van der Waals surface area contributed by atoms with E-state index in [1.807, 2.05) is 0 Å². The SMILES string of the molecule is Cc1ccc(C(C)Nc2ccc([N+](=O)[O-])c(Br)c2)c(C)c1. The van der Waals surface area contributed by atoms with Gasteiger partial charge in [-0.2, -0.15) is 0 Å². The standard InChI is InChI=1S/C16H17BrN2O2/c1-10-4-6-14(11(2)8-10)12(3)18-13-5-7-16(19(20)21)15(17)9-13/h4-9,12,18H,1-3H3. The van der Waals surface area contributed by atoms with Crippen LogP contribution >= 0.6 is 15.9 Å². The molecule has 0 aliphatic carbocycles. The first-order valence-corrected chi connectivity index (χ1v) is 7.45. The second-order valence-corrected chi connectivity index (χ2v) is 6.00. The maximum absolute atomic E-state index is 10.8. The lowest BCUT2D eigenvalue weighted by molar-refractivity contribution is -0.385. The molecule has 0 bridgehead atoms. The van der Waals surface area contributed by atoms with Crippen molar-refractivity contribution in [2.75, 3.05) is 5.32 Å². The van der Waals surface area contributed by atoms with Gasteiger partial charge in [-0.3, -0.25) is 10.1 Å². The number of nitrogens with zero attached hydrogens (tertiary/aromatic N) is 1. The highest BCUT2D eigenvalue weighted by Gasteiger charge is 2.13. The molecule has 0 saturated heterocycles. The summed E-state index contributed by atoms with van der Waals surface area (Å²) in [4.78, 5) is 10.4. The van der Waals surface area contributed by atoms with E-state index in [4.69, 9.17) is 0 Å². The first-order valence-electron chi connectivity index (χ1n) is 6.66. The third kappa shape index (κ3) is 3.61. The molecular formula is C16H17BrN2O2. The van der Waals surface area contributed by atoms with Crippen molar-refractivity contribution in [1.82, 2.24) is 0 Å². The number of halogens is 1. The van der Waals surface area contributed by atoms with Gasteiger partial charge in [-0.1, -0.05) is 23.8 Å². The van der Waals surface area contributed by atoms with Crippen LogP contribution in [-0.4, -0.2) is 4.92 Å². The highest BCUT2D eigenvalue weighted by molar-refractivity contribution is 9.10. The van der Waals surface area contributed by atoms with Crippen molar-refractivity contribution in [3.8, 4) is 0 Å². The molecule has 4 nitrogen and oxygen atoms in total. The fourth-order valence-corrected chi connectivity index (χ4v) is 2.91. The van der Waals surface area contributed by atoms with E-state index in [0.717, 1.165) is 5.69 Å². The topological polar surface area (TPSA) is 55.2 Å². The Kier molecular flexibility index (Phi) is 4.63. The lowest BCUT2D eigenvalue weighted by Crippen LogP contribution is -2.08. The predicted molar refractivity (Wildman–Crippen MR) is 88.8 cm³/mol. The van der Waals surface area contributed by atoms with E-state index in [-0.39, 0.29) is 11.7 Å². The van der Waals surface area contributed by atoms with Crippen molar-refractivity contribution in [2.24, 2.45) is 0 Å². The van der Waals surface area contributed by atoms with Gasteiger partial charge in [0.05, 0.1) is 9.40 Å². The number of rotatable bonds is 4. The monoisotopic (exact) mass is 348 g/mol. The zero-order chi connectivity index (χ0) is 15.6. The Hall–Kier alpha value is -1.88. The minimum absolute atomic E-state index is 0.0692. The van der Waals surface area contributed by atoms with Crippen LogP contribution < -0.4 is 5.32 Å². The Morgan fingerprint density at radius 2 is 1.90 bits per heavy atom. The average Bonchev–Trinajstić information content (AvgIpc) is 2.37. The largest absolute Gasteiger partial charge is 0.378 e. The van der Waals surface area contributed by atoms with E-state index >= 15 is 0 Å². The average molecular weight is 349 g/mol. The fourth-order valence-electron chi connectivity index (χ4n) is 2.38. The molecule has 0 aliphatic rings. The van der Waals surface area contributed by atoms with Gasteiger partial charge in [-0.25, -0.2) is 0 Å². The normalized spacial score (nSPS) is 12.0. The summed E-state index contributed by atoms with van der Waals surface area (Å²) < 4.78 is 0.477. The van der Waals surface area contributed by atoms with Crippen molar-refractivity contribution in [2.45, 2.75) is 26.8 Å². The Balaban J connectivity index is 2.21. The third-order valence-electron chi connectivity index (χ3n) is 3.42. The zero-order valence-electron chi connectivity index (χ0n) is 12.2. The molecule has 1 unspecified atom stereocenters. The van der Waals surface area contributed by atoms with E-state index in [2.05, 4.69) is 60.2 Å². The number of nitrogens with one attached hydrogen (secondary N) is 1. The molecule has 2 rings (SSSR count). The first-order chi connectivity index (χ1) is 9.88. The van der Waals surface area contributed by atoms with Crippen molar-refractivity contribution >= 4 is 27.3 Å². The molecule has 0 saturated carbocycles. The minimum atomic E-state index is -0.401. The van der Waals surface area contributed by atoms with Gasteiger partial charge in [0, 0.05) is 17.8 Å². The Morgan fingerprint density at radius 3 is 2.48 bits per heavy atom. The van der Waals surface area contributed by atoms with Gasteiger partial charge in [-0.15, -0.1) is 0 Å². The molecule has 0 fully saturated rings. The van der Waals surface area contributed by atoms with Crippen LogP contribution in [0.15, 0.2) is 40.9 Å². The van der Waals surface area contributed by atoms with Crippen LogP contribution in [0.2, 0.25) is 0 Å². The molecule has 2 aromatic rings. The van der Waals surface area contributed by atoms with Crippen LogP contribution in [0.3, 0.4) is 0 Å². The lowest BCUT2D eigenvalue weighted by atomic mass is 10.00. The summed E-state index contributed by atoms with van der Waals surface area (Å²) in [6.45, 7) is 6.24. The number of benzene rings is 2. The minimum Gasteiger partial charge on any atom is -0.378 e. The second-order valence-electron chi connectivity index (χ2n) is 5.15. The Bertz CT molecular complexity index is 686. The smallest absolute Gasteiger partial charge is 0.283 e. The molecule has 0 heterocycles. The van der Waals surface area contributed by atoms with Gasteiger partial charge in [0.1, 0.15) is 0 Å². The molecule has 110 valence electrons. The number of nitro groups is 1. The van der Waals surface area contributed by atoms with Gasteiger partial charge in [0.25, 0.3) is 5.69 Å². The molecular weight excluding hydrogens is 332 g/mol. The van der Waals surface area contributed by atoms with Gasteiger partial charge in [0.15, 0.2) is 0 Å². The fraction of sp³-hybridized carbons (Fsp3) is 0.250. The number of hydrogen-bond donors (Lipinski definition) is 1. The summed E-state index contributed by atoms with van der Waals surface area (Å²) in [5.41, 5.74) is 4.60. The molecule has 21 heavy (non-hydrogen) atoms. The molecule has 0 radical (unpaired) electrons. The highest BCUT2D eigenvalue weighted by Crippen LogP contribution is 2.30. The van der Waals surface area contributed by atoms with E-state index in [9.17, 15) is 10.1 Å². The summed E-state index contributed by atoms with van der Waals surface area (Å²) in [6, 6.07) is 11.4. The van der Waals surface area contributed by atoms with Crippen LogP contribution in [0.1, 0.15) is 29.7 Å². The summed E-state index contributed by atoms with van der Waals surface area (Å²) in [6.07, 6.45) is 0. The third-order valence-corrected chi connectivity index (χ3v) is 4.05. The van der Waals surface area contributed by atoms with E-state index in [0.29, 0.717) is 4.47 Å². The summed E-state index contributed by atoms with van der Waals surface area (Å²) in [7, 11) is 0. The number of anilines is 1. The molecule has 1 atom stereocenters. The second kappa shape index (κ2) is 6.26. The number of nitro benzene ring substituents is 1. The molecule has 1 N–H and O–H groups in total. The van der Waals surface area contributed by atoms with Crippen molar-refractivity contribution in [3.05, 3.63) is 67.7 Å². The van der Waals surface area contributed by atoms with Crippen molar-refractivity contribution in [1.29, 1.82) is 0 Å². The molecule has 5 heteroatoms. The maximum Gasteiger partial charge on any atom is 0.283 e. The Labute approximate surface area is 132 Å². The molecule has 0 aromatic heterocycles. The maximum atomic E-state index is 10.8. The zero-order valence-corrected chi connectivity index (χ0v) is 13.8. The molecule has 2 aromatic carbocycles. The number of hydrogen-bond acceptors (Lipinski definition) is 3. The molecule has 0 amide bonds. The first kappa shape index (κ1) is 15.5. The quantitative estimate of drug-likeness (QED) is 0.614. The highest BCUT2D eigenvalue weighted by atomic mass is 79.9. The van der Waals surface area contributed by atoms with Gasteiger partial charge < -0.3 is 5.32 Å². The van der Waals surface area contributed by atoms with Crippen LogP contribution in [0.25, 0.3) is 0 Å². The summed E-state index contributed by atoms with van der Waals surface area (Å²) in [5.74, 6) is 0. The van der Waals surface area contributed by atoms with E-state index in [1.54, 1.807) is 12.1 Å². The summed E-state index contributed by atoms with van der Waals surface area (Å²) >= 11 is 3.24.